The Morgan fingerprint density at radius 3 is 1.93 bits per heavy atom. The van der Waals surface area contributed by atoms with Crippen LogP contribution in [0.5, 0.6) is 5.75 Å². The Morgan fingerprint density at radius 2 is 1.40 bits per heavy atom. The minimum atomic E-state index is -1.04. The van der Waals surface area contributed by atoms with Gasteiger partial charge >= 0.3 is 5.97 Å². The Kier molecular flexibility index (Phi) is 15.3. The second-order valence-electron chi connectivity index (χ2n) is 16.2. The van der Waals surface area contributed by atoms with E-state index in [1.165, 1.54) is 19.1 Å². The van der Waals surface area contributed by atoms with Crippen LogP contribution in [0.25, 0.3) is 0 Å². The van der Waals surface area contributed by atoms with Crippen molar-refractivity contribution in [2.45, 2.75) is 87.2 Å². The fourth-order valence-corrected chi connectivity index (χ4v) is 9.93. The van der Waals surface area contributed by atoms with E-state index in [9.17, 15) is 18.8 Å². The number of hydrogen-bond donors (Lipinski definition) is 2. The van der Waals surface area contributed by atoms with Gasteiger partial charge in [-0.2, -0.15) is 11.8 Å². The normalized spacial score (nSPS) is 16.4. The van der Waals surface area contributed by atoms with Crippen molar-refractivity contribution in [2.24, 2.45) is 0 Å². The minimum Gasteiger partial charge on any atom is -0.477 e. The highest BCUT2D eigenvalue weighted by molar-refractivity contribution is 8.01. The summed E-state index contributed by atoms with van der Waals surface area (Å²) in [5, 5.41) is 6.64. The predicted molar refractivity (Wildman–Crippen MR) is 242 cm³/mol. The van der Waals surface area contributed by atoms with Crippen molar-refractivity contribution < 1.29 is 28.2 Å². The Hall–Kier alpha value is -4.90. The first-order valence-corrected chi connectivity index (χ1v) is 22.8. The molecule has 0 aromatic heterocycles. The first-order valence-electron chi connectivity index (χ1n) is 20.5. The van der Waals surface area contributed by atoms with Crippen LogP contribution in [-0.2, 0) is 31.9 Å². The SMILES string of the molecule is CSCC[C@H](NC(=O)c1cc(OC(C(=O)OC(C)(C)C)C2CC(SC(c3ccccc3)(c3ccccc3)c3ccccc3)CN2)ccc1CCc1ccc(F)cc1)C(C)=O. The van der Waals surface area contributed by atoms with E-state index in [4.69, 9.17) is 9.47 Å². The van der Waals surface area contributed by atoms with Gasteiger partial charge in [0, 0.05) is 17.4 Å². The van der Waals surface area contributed by atoms with Gasteiger partial charge in [-0.25, -0.2) is 9.18 Å². The standard InChI is InChI=1S/C50H55FN2O5S2/c1-34(54)44(29-30-59-5)53-47(55)43-31-41(28-25-36(43)24-21-35-22-26-40(51)27-23-35)57-46(48(56)58-49(2,3)4)45-32-42(33-52-45)60-50(37-15-9-6-10-16-37,38-17-11-7-12-18-38)39-19-13-8-14-20-39/h6-20,22-23,25-28,31,42,44-46,52H,21,24,29-30,32-33H2,1-5H3,(H,53,55)/t42?,44-,45?,46?/m0/s1. The molecule has 0 spiro atoms. The van der Waals surface area contributed by atoms with Crippen molar-refractivity contribution in [1.82, 2.24) is 10.6 Å². The van der Waals surface area contributed by atoms with Crippen LogP contribution >= 0.6 is 23.5 Å². The number of nitrogens with one attached hydrogen (secondary N) is 2. The zero-order valence-electron chi connectivity index (χ0n) is 35.0. The summed E-state index contributed by atoms with van der Waals surface area (Å²) in [4.78, 5) is 40.8. The maximum absolute atomic E-state index is 14.2. The van der Waals surface area contributed by atoms with Gasteiger partial charge in [-0.3, -0.25) is 9.59 Å². The second kappa shape index (κ2) is 20.6. The maximum atomic E-state index is 14.2. The number of ether oxygens (including phenoxy) is 2. The summed E-state index contributed by atoms with van der Waals surface area (Å²) in [7, 11) is 0. The monoisotopic (exact) mass is 846 g/mol. The number of Topliss-reactive ketones (excluding diaryl/α,β-unsaturated/α-hetero) is 1. The molecule has 4 atom stereocenters. The minimum absolute atomic E-state index is 0.0594. The molecule has 1 saturated heterocycles. The third kappa shape index (κ3) is 11.5. The van der Waals surface area contributed by atoms with Gasteiger partial charge in [0.25, 0.3) is 5.91 Å². The summed E-state index contributed by atoms with van der Waals surface area (Å²) < 4.78 is 25.8. The van der Waals surface area contributed by atoms with E-state index in [2.05, 4.69) is 83.4 Å². The molecule has 0 radical (unpaired) electrons. The zero-order chi connectivity index (χ0) is 42.7. The lowest BCUT2D eigenvalue weighted by atomic mass is 9.84. The third-order valence-corrected chi connectivity index (χ3v) is 13.0. The van der Waals surface area contributed by atoms with Crippen LogP contribution in [-0.4, -0.2) is 65.3 Å². The van der Waals surface area contributed by atoms with Gasteiger partial charge in [0.15, 0.2) is 5.78 Å². The molecule has 1 amide bonds. The highest BCUT2D eigenvalue weighted by atomic mass is 32.2. The van der Waals surface area contributed by atoms with Gasteiger partial charge in [-0.15, -0.1) is 11.8 Å². The second-order valence-corrected chi connectivity index (χ2v) is 18.7. The molecule has 1 heterocycles. The van der Waals surface area contributed by atoms with Gasteiger partial charge in [-0.05, 0) is 117 Å². The smallest absolute Gasteiger partial charge is 0.349 e. The van der Waals surface area contributed by atoms with E-state index in [-0.39, 0.29) is 16.9 Å². The summed E-state index contributed by atoms with van der Waals surface area (Å²) in [6.45, 7) is 7.59. The van der Waals surface area contributed by atoms with Crippen molar-refractivity contribution >= 4 is 41.2 Å². The molecule has 2 N–H and O–H groups in total. The van der Waals surface area contributed by atoms with Crippen molar-refractivity contribution in [3.63, 3.8) is 0 Å². The highest BCUT2D eigenvalue weighted by Crippen LogP contribution is 2.51. The lowest BCUT2D eigenvalue weighted by Crippen LogP contribution is -2.47. The molecule has 7 nitrogen and oxygen atoms in total. The molecule has 1 fully saturated rings. The molecule has 1 aliphatic heterocycles. The van der Waals surface area contributed by atoms with Crippen LogP contribution in [0.1, 0.15) is 78.7 Å². The summed E-state index contributed by atoms with van der Waals surface area (Å²) >= 11 is 3.47. The molecule has 10 heteroatoms. The molecule has 0 bridgehead atoms. The lowest BCUT2D eigenvalue weighted by molar-refractivity contribution is -0.164. The van der Waals surface area contributed by atoms with Crippen molar-refractivity contribution in [2.75, 3.05) is 18.6 Å². The molecular weight excluding hydrogens is 792 g/mol. The Morgan fingerprint density at radius 1 is 0.817 bits per heavy atom. The Bertz CT molecular complexity index is 2090. The number of carbonyl (C=O) groups excluding carboxylic acids is 3. The quantitative estimate of drug-likeness (QED) is 0.0666. The molecule has 5 aromatic carbocycles. The van der Waals surface area contributed by atoms with E-state index in [1.54, 1.807) is 36.0 Å². The first kappa shape index (κ1) is 44.6. The van der Waals surface area contributed by atoms with Crippen LogP contribution in [0, 0.1) is 5.82 Å². The van der Waals surface area contributed by atoms with Crippen LogP contribution < -0.4 is 15.4 Å². The molecule has 0 aliphatic carbocycles. The van der Waals surface area contributed by atoms with E-state index in [1.807, 2.05) is 63.1 Å². The van der Waals surface area contributed by atoms with Crippen LogP contribution in [0.4, 0.5) is 4.39 Å². The van der Waals surface area contributed by atoms with Crippen LogP contribution in [0.3, 0.4) is 0 Å². The predicted octanol–water partition coefficient (Wildman–Crippen LogP) is 9.60. The van der Waals surface area contributed by atoms with Gasteiger partial charge in [-0.1, -0.05) is 109 Å². The molecule has 60 heavy (non-hydrogen) atoms. The molecule has 314 valence electrons. The lowest BCUT2D eigenvalue weighted by Gasteiger charge is -2.37. The van der Waals surface area contributed by atoms with E-state index in [0.717, 1.165) is 27.8 Å². The van der Waals surface area contributed by atoms with Crippen LogP contribution in [0.15, 0.2) is 133 Å². The summed E-state index contributed by atoms with van der Waals surface area (Å²) in [5.74, 6) is -0.317. The fraction of sp³-hybridized carbons (Fsp3) is 0.340. The molecule has 5 aromatic rings. The van der Waals surface area contributed by atoms with E-state index < -0.39 is 40.4 Å². The molecule has 3 unspecified atom stereocenters. The first-order chi connectivity index (χ1) is 28.9. The number of carbonyl (C=O) groups is 3. The molecule has 6 rings (SSSR count). The highest BCUT2D eigenvalue weighted by Gasteiger charge is 2.45. The molecular formula is C50H55FN2O5S2. The number of halogens is 1. The maximum Gasteiger partial charge on any atom is 0.349 e. The fourth-order valence-electron chi connectivity index (χ4n) is 7.66. The third-order valence-electron chi connectivity index (χ3n) is 10.6. The number of rotatable bonds is 18. The Labute approximate surface area is 362 Å². The topological polar surface area (TPSA) is 93.7 Å². The van der Waals surface area contributed by atoms with Crippen molar-refractivity contribution in [3.05, 3.63) is 173 Å². The Balaban J connectivity index is 1.32. The summed E-state index contributed by atoms with van der Waals surface area (Å²) in [6.07, 6.45) is 3.06. The zero-order valence-corrected chi connectivity index (χ0v) is 36.6. The number of benzene rings is 5. The number of hydrogen-bond acceptors (Lipinski definition) is 8. The summed E-state index contributed by atoms with van der Waals surface area (Å²) in [6, 6.07) is 42.1. The number of amides is 1. The average molecular weight is 847 g/mol. The number of thioether (sulfide) groups is 2. The van der Waals surface area contributed by atoms with Crippen molar-refractivity contribution in [3.8, 4) is 5.75 Å². The van der Waals surface area contributed by atoms with Gasteiger partial charge in [0.2, 0.25) is 6.10 Å². The van der Waals surface area contributed by atoms with Gasteiger partial charge in [0.1, 0.15) is 17.2 Å². The number of esters is 1. The average Bonchev–Trinajstić information content (AvgIpc) is 3.71. The number of ketones is 1. The number of aryl methyl sites for hydroxylation is 2. The summed E-state index contributed by atoms with van der Waals surface area (Å²) in [5.41, 5.74) is 4.69. The van der Waals surface area contributed by atoms with Gasteiger partial charge < -0.3 is 20.1 Å². The van der Waals surface area contributed by atoms with Crippen LogP contribution in [0.2, 0.25) is 0 Å². The molecule has 0 saturated carbocycles. The van der Waals surface area contributed by atoms with Gasteiger partial charge in [0.05, 0.1) is 16.8 Å². The molecule has 1 aliphatic rings. The van der Waals surface area contributed by atoms with E-state index in [0.29, 0.717) is 49.3 Å². The van der Waals surface area contributed by atoms with Crippen molar-refractivity contribution in [1.29, 1.82) is 0 Å². The largest absolute Gasteiger partial charge is 0.477 e. The van der Waals surface area contributed by atoms with E-state index >= 15 is 0 Å².